The summed E-state index contributed by atoms with van der Waals surface area (Å²) in [5.74, 6) is 0. The number of nitrogens with zero attached hydrogens (tertiary/aromatic N) is 1. The molecule has 59 heavy (non-hydrogen) atoms. The van der Waals surface area contributed by atoms with E-state index in [1.165, 1.54) is 31.8 Å². The molecule has 0 N–H and O–H groups in total. The van der Waals surface area contributed by atoms with Crippen molar-refractivity contribution in [1.29, 1.82) is 5.26 Å². The maximum atomic E-state index is 10.7. The zero-order chi connectivity index (χ0) is 41.8. The number of rotatable bonds is 6. The van der Waals surface area contributed by atoms with Gasteiger partial charge in [-0.3, -0.25) is 0 Å². The maximum Gasteiger partial charge on any atom is 3.00 e. The second-order valence-corrected chi connectivity index (χ2v) is 17.4. The molecule has 0 aromatic heterocycles. The molecule has 0 saturated heterocycles. The molecule has 0 heterocycles. The Morgan fingerprint density at radius 1 is 0.458 bits per heavy atom. The molecule has 6 aromatic carbocycles. The number of hydrogen-bond acceptors (Lipinski definition) is 7. The third-order valence-electron chi connectivity index (χ3n) is 6.49. The molecule has 0 amide bonds. The van der Waals surface area contributed by atoms with Crippen molar-refractivity contribution >= 4 is 92.3 Å². The maximum absolute atomic E-state index is 10.7. The molecule has 7 nitrogen and oxygen atoms in total. The molecule has 0 unspecified atom stereocenters. The summed E-state index contributed by atoms with van der Waals surface area (Å²) in [5, 5.41) is 14.3. The monoisotopic (exact) mass is 1200 g/mol. The van der Waals surface area contributed by atoms with Gasteiger partial charge in [-0.25, -0.2) is 16.8 Å². The van der Waals surface area contributed by atoms with Crippen LogP contribution in [0.15, 0.2) is 170 Å². The normalized spacial score (nSPS) is 10.6. The van der Waals surface area contributed by atoms with Gasteiger partial charge in [0.25, 0.3) is 0 Å². The minimum absolute atomic E-state index is 0. The number of benzene rings is 6. The Balaban J connectivity index is 0. The largest absolute Gasteiger partial charge is 3.00 e. The SMILES string of the molecule is O=S(=O)([O-])C(F)(F)F.O=S(=O)([O-])C(F)(F)F.[C-]#N.[Cl-].[Pt].[Sb+3].[c-]1ccccc1P(c1ccccc1)c1ccccc1.[c-]1ccccc1P(c1ccccc1)c1ccccc1. The Labute approximate surface area is 380 Å². The fraction of sp³-hybridized carbons (Fsp3) is 0.0513. The van der Waals surface area contributed by atoms with Crippen molar-refractivity contribution < 1.29 is 85.8 Å². The van der Waals surface area contributed by atoms with Crippen LogP contribution >= 0.6 is 15.8 Å². The van der Waals surface area contributed by atoms with Crippen molar-refractivity contribution in [2.75, 3.05) is 0 Å². The molecule has 0 aliphatic heterocycles. The first-order chi connectivity index (χ1) is 26.4. The summed E-state index contributed by atoms with van der Waals surface area (Å²) in [7, 11) is -13.2. The van der Waals surface area contributed by atoms with E-state index in [1.54, 1.807) is 0 Å². The van der Waals surface area contributed by atoms with Crippen LogP contribution in [0.2, 0.25) is 0 Å². The fourth-order valence-corrected chi connectivity index (χ4v) is 8.68. The second-order valence-electron chi connectivity index (χ2n) is 10.3. The van der Waals surface area contributed by atoms with Crippen LogP contribution in [0, 0.1) is 24.0 Å². The molecule has 2 radical (unpaired) electrons. The summed E-state index contributed by atoms with van der Waals surface area (Å²) in [6, 6.07) is 66.1. The van der Waals surface area contributed by atoms with Crippen LogP contribution in [0.5, 0.6) is 0 Å². The van der Waals surface area contributed by atoms with E-state index in [2.05, 4.69) is 158 Å². The molecule has 314 valence electrons. The minimum atomic E-state index is -6.09. The molecule has 20 heteroatoms. The van der Waals surface area contributed by atoms with E-state index in [9.17, 15) is 26.3 Å². The summed E-state index contributed by atoms with van der Waals surface area (Å²) in [4.78, 5) is 0. The van der Waals surface area contributed by atoms with Gasteiger partial charge in [0.05, 0.1) is 0 Å². The van der Waals surface area contributed by atoms with Crippen LogP contribution in [-0.2, 0) is 41.3 Å². The van der Waals surface area contributed by atoms with Gasteiger partial charge in [0.15, 0.2) is 20.2 Å². The Bertz CT molecular complexity index is 1910. The van der Waals surface area contributed by atoms with Crippen LogP contribution in [-0.4, -0.2) is 61.4 Å². The molecule has 6 aromatic rings. The molecule has 0 aliphatic carbocycles. The summed E-state index contributed by atoms with van der Waals surface area (Å²) in [6.45, 7) is 4.75. The second kappa shape index (κ2) is 28.4. The van der Waals surface area contributed by atoms with Crippen molar-refractivity contribution in [3.05, 3.63) is 189 Å². The van der Waals surface area contributed by atoms with Gasteiger partial charge in [0.2, 0.25) is 0 Å². The van der Waals surface area contributed by atoms with Crippen molar-refractivity contribution in [2.24, 2.45) is 0 Å². The Hall–Kier alpha value is -3.13. The summed E-state index contributed by atoms with van der Waals surface area (Å²) in [6.07, 6.45) is 0. The van der Waals surface area contributed by atoms with Crippen molar-refractivity contribution in [2.45, 2.75) is 11.0 Å². The molecule has 0 saturated carbocycles. The molecular weight excluding hydrogens is 1170 g/mol. The van der Waals surface area contributed by atoms with Crippen molar-refractivity contribution in [3.63, 3.8) is 0 Å². The van der Waals surface area contributed by atoms with Crippen LogP contribution in [0.3, 0.4) is 0 Å². The van der Waals surface area contributed by atoms with Gasteiger partial charge in [-0.2, -0.15) is 87.0 Å². The molecule has 0 spiro atoms. The molecule has 6 rings (SSSR count). The summed E-state index contributed by atoms with van der Waals surface area (Å²) in [5.41, 5.74) is -11.3. The van der Waals surface area contributed by atoms with E-state index < -0.39 is 47.1 Å². The Morgan fingerprint density at radius 2 is 0.644 bits per heavy atom. The summed E-state index contributed by atoms with van der Waals surface area (Å²) < 4.78 is 118. The molecule has 0 bridgehead atoms. The number of hydrogen-bond donors (Lipinski definition) is 0. The van der Waals surface area contributed by atoms with Gasteiger partial charge in [-0.05, 0) is 37.1 Å². The first kappa shape index (κ1) is 58.0. The van der Waals surface area contributed by atoms with Crippen molar-refractivity contribution in [3.8, 4) is 0 Å². The Kier molecular flexibility index (Phi) is 27.9. The molecule has 0 atom stereocenters. The average Bonchev–Trinajstić information content (AvgIpc) is 3.18. The van der Waals surface area contributed by atoms with Gasteiger partial charge in [-0.1, -0.05) is 121 Å². The van der Waals surface area contributed by atoms with Gasteiger partial charge in [-0.15, -0.1) is 10.6 Å². The van der Waals surface area contributed by atoms with Crippen LogP contribution < -0.4 is 44.2 Å². The van der Waals surface area contributed by atoms with E-state index in [-0.39, 0.29) is 57.9 Å². The van der Waals surface area contributed by atoms with E-state index in [0.29, 0.717) is 0 Å². The van der Waals surface area contributed by atoms with Crippen LogP contribution in [0.4, 0.5) is 26.3 Å². The predicted molar refractivity (Wildman–Crippen MR) is 210 cm³/mol. The standard InChI is InChI=1S/2C18H14P.2CHF3O3S.CN.ClH.Pt.Sb/c2*1-4-10-16(11-5-1)19(17-12-6-2-7-13-17)18-14-8-3-9-15-18;2*2-1(3,4)8(5,6)7;1-2;;;/h2*1-14H;2*(H,5,6,7);;1H;;/q2*-1;;;-1;;;+3/p-3. The predicted octanol–water partition coefficient (Wildman–Crippen LogP) is 3.31. The smallest absolute Gasteiger partial charge is 1.00 e. The molecular formula is C39H28ClF6NO6P2PtS2Sb-3. The average molecular weight is 1200 g/mol. The third-order valence-corrected chi connectivity index (χ3v) is 12.4. The van der Waals surface area contributed by atoms with E-state index in [1.807, 2.05) is 24.3 Å². The van der Waals surface area contributed by atoms with Gasteiger partial charge in [0, 0.05) is 21.1 Å². The Morgan fingerprint density at radius 3 is 0.797 bits per heavy atom. The molecule has 0 fully saturated rings. The van der Waals surface area contributed by atoms with E-state index >= 15 is 0 Å². The van der Waals surface area contributed by atoms with Crippen LogP contribution in [0.25, 0.3) is 0 Å². The summed E-state index contributed by atoms with van der Waals surface area (Å²) >= 11 is 0. The molecule has 0 aliphatic rings. The number of halogens is 7. The quantitative estimate of drug-likeness (QED) is 0.0624. The minimum Gasteiger partial charge on any atom is -1.00 e. The first-order valence-corrected chi connectivity index (χ1v) is 20.9. The fourth-order valence-electron chi connectivity index (χ4n) is 4.21. The third kappa shape index (κ3) is 20.3. The zero-order valence-corrected chi connectivity index (χ0v) is 38.7. The van der Waals surface area contributed by atoms with Gasteiger partial charge < -0.3 is 33.3 Å². The van der Waals surface area contributed by atoms with Gasteiger partial charge >= 0.3 is 35.4 Å². The number of alkyl halides is 6. The first-order valence-electron chi connectivity index (χ1n) is 15.4. The zero-order valence-electron chi connectivity index (χ0n) is 29.7. The topological polar surface area (TPSA) is 138 Å². The van der Waals surface area contributed by atoms with Crippen LogP contribution in [0.1, 0.15) is 0 Å². The van der Waals surface area contributed by atoms with Crippen molar-refractivity contribution in [1.82, 2.24) is 0 Å². The van der Waals surface area contributed by atoms with E-state index in [4.69, 9.17) is 37.8 Å². The van der Waals surface area contributed by atoms with E-state index in [0.717, 1.165) is 0 Å². The van der Waals surface area contributed by atoms with Gasteiger partial charge in [0.1, 0.15) is 0 Å².